The molecule has 1 heterocycles. The van der Waals surface area contributed by atoms with E-state index in [0.717, 1.165) is 10.5 Å². The molecular weight excluding hydrogens is 252 g/mol. The maximum atomic E-state index is 12.7. The van der Waals surface area contributed by atoms with Crippen LogP contribution >= 0.6 is 0 Å². The lowest BCUT2D eigenvalue weighted by molar-refractivity contribution is -0.142. The molecule has 1 aliphatic heterocycles. The van der Waals surface area contributed by atoms with Crippen molar-refractivity contribution in [2.45, 2.75) is 38.6 Å². The molecule has 1 fully saturated rings. The average molecular weight is 270 g/mol. The summed E-state index contributed by atoms with van der Waals surface area (Å²) in [5, 5.41) is 9.24. The molecule has 2 rings (SSSR count). The molecular formula is C16H18N2O2. The van der Waals surface area contributed by atoms with Crippen LogP contribution in [0.4, 0.5) is 0 Å². The number of carbonyl (C=O) groups excluding carboxylic acids is 2. The molecule has 2 unspecified atom stereocenters. The van der Waals surface area contributed by atoms with Gasteiger partial charge in [-0.3, -0.25) is 14.5 Å². The molecule has 1 aromatic rings. The van der Waals surface area contributed by atoms with Crippen molar-refractivity contribution in [1.82, 2.24) is 4.90 Å². The molecule has 104 valence electrons. The zero-order valence-corrected chi connectivity index (χ0v) is 12.0. The summed E-state index contributed by atoms with van der Waals surface area (Å²) in [7, 11) is 0. The highest BCUT2D eigenvalue weighted by Crippen LogP contribution is 2.37. The third-order valence-electron chi connectivity index (χ3n) is 3.92. The minimum absolute atomic E-state index is 0.0778. The van der Waals surface area contributed by atoms with E-state index in [-0.39, 0.29) is 24.2 Å². The Hall–Kier alpha value is -2.15. The monoisotopic (exact) mass is 270 g/mol. The second kappa shape index (κ2) is 5.09. The number of imide groups is 1. The van der Waals surface area contributed by atoms with Gasteiger partial charge in [-0.25, -0.2) is 0 Å². The van der Waals surface area contributed by atoms with Gasteiger partial charge in [0.15, 0.2) is 0 Å². The summed E-state index contributed by atoms with van der Waals surface area (Å²) < 4.78 is 0. The van der Waals surface area contributed by atoms with Gasteiger partial charge in [-0.15, -0.1) is 0 Å². The smallest absolute Gasteiger partial charge is 0.241 e. The van der Waals surface area contributed by atoms with Gasteiger partial charge < -0.3 is 0 Å². The first kappa shape index (κ1) is 14.3. The summed E-state index contributed by atoms with van der Waals surface area (Å²) in [5.74, 6) is -0.610. The van der Waals surface area contributed by atoms with Crippen LogP contribution in [-0.4, -0.2) is 22.8 Å². The molecule has 0 spiro atoms. The van der Waals surface area contributed by atoms with E-state index >= 15 is 0 Å². The molecule has 2 atom stereocenters. The van der Waals surface area contributed by atoms with Gasteiger partial charge in [-0.05, 0) is 18.4 Å². The zero-order valence-electron chi connectivity index (χ0n) is 12.0. The molecule has 0 bridgehead atoms. The number of hydrogen-bond acceptors (Lipinski definition) is 3. The van der Waals surface area contributed by atoms with E-state index in [0.29, 0.717) is 0 Å². The summed E-state index contributed by atoms with van der Waals surface area (Å²) in [6, 6.07) is 10.7. The van der Waals surface area contributed by atoms with Gasteiger partial charge in [0, 0.05) is 6.42 Å². The van der Waals surface area contributed by atoms with Crippen molar-refractivity contribution in [2.75, 3.05) is 0 Å². The van der Waals surface area contributed by atoms with Crippen molar-refractivity contribution in [3.8, 4) is 6.07 Å². The van der Waals surface area contributed by atoms with Crippen LogP contribution in [0.15, 0.2) is 30.3 Å². The highest BCUT2D eigenvalue weighted by molar-refractivity contribution is 6.09. The molecule has 1 saturated heterocycles. The van der Waals surface area contributed by atoms with E-state index in [1.165, 1.54) is 0 Å². The fourth-order valence-corrected chi connectivity index (χ4v) is 2.66. The number of carbonyl (C=O) groups is 2. The van der Waals surface area contributed by atoms with Crippen molar-refractivity contribution < 1.29 is 9.59 Å². The Morgan fingerprint density at radius 3 is 2.35 bits per heavy atom. The molecule has 4 nitrogen and oxygen atoms in total. The first-order chi connectivity index (χ1) is 9.41. The van der Waals surface area contributed by atoms with Crippen molar-refractivity contribution in [1.29, 1.82) is 5.26 Å². The fourth-order valence-electron chi connectivity index (χ4n) is 2.66. The molecule has 0 aliphatic carbocycles. The Balaban J connectivity index is 2.41. The molecule has 0 aromatic heterocycles. The number of nitrogens with zero attached hydrogens (tertiary/aromatic N) is 2. The van der Waals surface area contributed by atoms with Gasteiger partial charge in [-0.1, -0.05) is 44.2 Å². The SMILES string of the molecule is CC(C)C(C#N)N1C(=O)CC(C)(c2ccccc2)C1=O. The van der Waals surface area contributed by atoms with Gasteiger partial charge in [0.05, 0.1) is 11.5 Å². The molecule has 4 heteroatoms. The topological polar surface area (TPSA) is 61.2 Å². The standard InChI is InChI=1S/C16H18N2O2/c1-11(2)13(10-17)18-14(19)9-16(3,15(18)20)12-7-5-4-6-8-12/h4-8,11,13H,9H2,1-3H3. The third-order valence-corrected chi connectivity index (χ3v) is 3.92. The van der Waals surface area contributed by atoms with E-state index in [9.17, 15) is 14.9 Å². The number of likely N-dealkylation sites (tertiary alicyclic amines) is 1. The Labute approximate surface area is 119 Å². The quantitative estimate of drug-likeness (QED) is 0.791. The van der Waals surface area contributed by atoms with E-state index in [4.69, 9.17) is 0 Å². The van der Waals surface area contributed by atoms with Crippen LogP contribution in [0.2, 0.25) is 0 Å². The van der Waals surface area contributed by atoms with Gasteiger partial charge in [0.2, 0.25) is 11.8 Å². The number of nitriles is 1. The number of benzene rings is 1. The van der Waals surface area contributed by atoms with Gasteiger partial charge in [0.25, 0.3) is 0 Å². The van der Waals surface area contributed by atoms with Crippen LogP contribution in [-0.2, 0) is 15.0 Å². The molecule has 2 amide bonds. The number of amides is 2. The second-order valence-electron chi connectivity index (χ2n) is 5.76. The molecule has 0 saturated carbocycles. The van der Waals surface area contributed by atoms with Crippen LogP contribution in [0, 0.1) is 17.2 Å². The first-order valence-electron chi connectivity index (χ1n) is 6.73. The van der Waals surface area contributed by atoms with Crippen LogP contribution in [0.3, 0.4) is 0 Å². The van der Waals surface area contributed by atoms with E-state index in [2.05, 4.69) is 6.07 Å². The Morgan fingerprint density at radius 1 is 1.25 bits per heavy atom. The molecule has 0 N–H and O–H groups in total. The van der Waals surface area contributed by atoms with Gasteiger partial charge >= 0.3 is 0 Å². The van der Waals surface area contributed by atoms with Crippen LogP contribution in [0.1, 0.15) is 32.8 Å². The van der Waals surface area contributed by atoms with E-state index in [1.54, 1.807) is 6.92 Å². The normalized spacial score (nSPS) is 24.1. The molecule has 1 aromatic carbocycles. The summed E-state index contributed by atoms with van der Waals surface area (Å²) >= 11 is 0. The fraction of sp³-hybridized carbons (Fsp3) is 0.438. The highest BCUT2D eigenvalue weighted by Gasteiger charge is 2.52. The lowest BCUT2D eigenvalue weighted by Gasteiger charge is -2.26. The van der Waals surface area contributed by atoms with Crippen LogP contribution in [0.5, 0.6) is 0 Å². The van der Waals surface area contributed by atoms with E-state index in [1.807, 2.05) is 44.2 Å². The minimum Gasteiger partial charge on any atom is -0.274 e. The predicted octanol–water partition coefficient (Wildman–Crippen LogP) is 2.25. The summed E-state index contributed by atoms with van der Waals surface area (Å²) in [4.78, 5) is 26.1. The van der Waals surface area contributed by atoms with Crippen LogP contribution in [0.25, 0.3) is 0 Å². The second-order valence-corrected chi connectivity index (χ2v) is 5.76. The largest absolute Gasteiger partial charge is 0.274 e. The Kier molecular flexibility index (Phi) is 3.63. The van der Waals surface area contributed by atoms with E-state index < -0.39 is 11.5 Å². The number of hydrogen-bond donors (Lipinski definition) is 0. The number of rotatable bonds is 3. The van der Waals surface area contributed by atoms with Gasteiger partial charge in [0.1, 0.15) is 6.04 Å². The van der Waals surface area contributed by atoms with Crippen molar-refractivity contribution in [3.63, 3.8) is 0 Å². The molecule has 0 radical (unpaired) electrons. The molecule has 20 heavy (non-hydrogen) atoms. The van der Waals surface area contributed by atoms with Crippen LogP contribution < -0.4 is 0 Å². The molecule has 1 aliphatic rings. The van der Waals surface area contributed by atoms with Crippen molar-refractivity contribution >= 4 is 11.8 Å². The van der Waals surface area contributed by atoms with Crippen molar-refractivity contribution in [2.24, 2.45) is 5.92 Å². The maximum Gasteiger partial charge on any atom is 0.241 e. The first-order valence-corrected chi connectivity index (χ1v) is 6.73. The minimum atomic E-state index is -0.859. The lowest BCUT2D eigenvalue weighted by Crippen LogP contribution is -2.45. The average Bonchev–Trinajstić information content (AvgIpc) is 2.65. The summed E-state index contributed by atoms with van der Waals surface area (Å²) in [5.41, 5.74) is -0.0382. The third kappa shape index (κ3) is 2.09. The maximum absolute atomic E-state index is 12.7. The van der Waals surface area contributed by atoms with Crippen molar-refractivity contribution in [3.05, 3.63) is 35.9 Å². The van der Waals surface area contributed by atoms with Gasteiger partial charge in [-0.2, -0.15) is 5.26 Å². The summed E-state index contributed by atoms with van der Waals surface area (Å²) in [6.07, 6.45) is 0.126. The lowest BCUT2D eigenvalue weighted by atomic mass is 9.81. The Bertz CT molecular complexity index is 574. The predicted molar refractivity (Wildman–Crippen MR) is 74.5 cm³/mol. The zero-order chi connectivity index (χ0) is 14.9. The highest BCUT2D eigenvalue weighted by atomic mass is 16.2. The summed E-state index contributed by atoms with van der Waals surface area (Å²) in [6.45, 7) is 5.45. The Morgan fingerprint density at radius 2 is 1.85 bits per heavy atom.